The van der Waals surface area contributed by atoms with Gasteiger partial charge < -0.3 is 34.7 Å². The quantitative estimate of drug-likeness (QED) is 0.309. The second-order valence-corrected chi connectivity index (χ2v) is 9.82. The zero-order chi connectivity index (χ0) is 27.7. The standard InChI is InChI=1S/C30H31ClN2O6/c1-5-39-24-15-18(10-19(31)29(24)35)28-27-22(32-20-8-6-7-9-21(20)33-28)11-16(12-23(27)34)17-13-25(36-2)30(38-4)26(14-17)37-3/h6-10,13-16,28,32-33,35H,5,11-12H2,1-4H3/t16-,28+/m0/s1. The molecule has 3 aromatic carbocycles. The number of nitrogens with one attached hydrogen (secondary N) is 2. The van der Waals surface area contributed by atoms with E-state index in [1.54, 1.807) is 33.5 Å². The van der Waals surface area contributed by atoms with E-state index in [0.29, 0.717) is 41.4 Å². The molecular weight excluding hydrogens is 520 g/mol. The van der Waals surface area contributed by atoms with E-state index < -0.39 is 6.04 Å². The molecule has 0 amide bonds. The van der Waals surface area contributed by atoms with E-state index in [9.17, 15) is 9.90 Å². The van der Waals surface area contributed by atoms with Gasteiger partial charge >= 0.3 is 0 Å². The molecule has 3 aromatic rings. The fraction of sp³-hybridized carbons (Fsp3) is 0.300. The number of methoxy groups -OCH3 is 3. The number of aromatic hydroxyl groups is 1. The number of para-hydroxylation sites is 2. The summed E-state index contributed by atoms with van der Waals surface area (Å²) < 4.78 is 22.3. The van der Waals surface area contributed by atoms with Crippen LogP contribution in [0.5, 0.6) is 28.7 Å². The third kappa shape index (κ3) is 4.92. The molecule has 0 fully saturated rings. The second kappa shape index (κ2) is 11.0. The van der Waals surface area contributed by atoms with Gasteiger partial charge in [0, 0.05) is 17.7 Å². The summed E-state index contributed by atoms with van der Waals surface area (Å²) in [7, 11) is 4.72. The number of benzene rings is 3. The second-order valence-electron chi connectivity index (χ2n) is 9.41. The molecular formula is C30H31ClN2O6. The van der Waals surface area contributed by atoms with Crippen molar-refractivity contribution < 1.29 is 28.8 Å². The van der Waals surface area contributed by atoms with Gasteiger partial charge in [0.05, 0.1) is 50.4 Å². The van der Waals surface area contributed by atoms with Crippen molar-refractivity contribution in [3.63, 3.8) is 0 Å². The molecule has 3 N–H and O–H groups in total. The number of carbonyl (C=O) groups excluding carboxylic acids is 1. The number of phenols is 1. The number of halogens is 1. The fourth-order valence-electron chi connectivity index (χ4n) is 5.34. The minimum atomic E-state index is -0.512. The number of anilines is 2. The Morgan fingerprint density at radius 1 is 0.923 bits per heavy atom. The first-order valence-electron chi connectivity index (χ1n) is 12.7. The van der Waals surface area contributed by atoms with Gasteiger partial charge in [-0.2, -0.15) is 0 Å². The number of hydrogen-bond donors (Lipinski definition) is 3. The number of rotatable bonds is 7. The van der Waals surface area contributed by atoms with Gasteiger partial charge in [-0.05, 0) is 66.8 Å². The van der Waals surface area contributed by atoms with Gasteiger partial charge in [0.1, 0.15) is 0 Å². The smallest absolute Gasteiger partial charge is 0.203 e. The lowest BCUT2D eigenvalue weighted by Gasteiger charge is -2.30. The minimum Gasteiger partial charge on any atom is -0.503 e. The van der Waals surface area contributed by atoms with Crippen LogP contribution >= 0.6 is 11.6 Å². The van der Waals surface area contributed by atoms with Gasteiger partial charge in [0.15, 0.2) is 28.8 Å². The Morgan fingerprint density at radius 2 is 1.59 bits per heavy atom. The molecule has 8 nitrogen and oxygen atoms in total. The first kappa shape index (κ1) is 26.6. The van der Waals surface area contributed by atoms with Crippen molar-refractivity contribution in [3.8, 4) is 28.7 Å². The van der Waals surface area contributed by atoms with E-state index >= 15 is 0 Å². The topological polar surface area (TPSA) is 98.3 Å². The molecule has 0 unspecified atom stereocenters. The molecule has 0 saturated carbocycles. The number of hydrogen-bond acceptors (Lipinski definition) is 8. The summed E-state index contributed by atoms with van der Waals surface area (Å²) in [5, 5.41) is 17.7. The predicted octanol–water partition coefficient (Wildman–Crippen LogP) is 6.45. The normalized spacial score (nSPS) is 18.2. The van der Waals surface area contributed by atoms with Crippen LogP contribution in [0, 0.1) is 0 Å². The van der Waals surface area contributed by atoms with Crippen molar-refractivity contribution in [1.29, 1.82) is 0 Å². The van der Waals surface area contributed by atoms with E-state index in [0.717, 1.165) is 22.6 Å². The summed E-state index contributed by atoms with van der Waals surface area (Å²) >= 11 is 6.40. The van der Waals surface area contributed by atoms with Crippen LogP contribution in [0.3, 0.4) is 0 Å². The molecule has 0 saturated heterocycles. The van der Waals surface area contributed by atoms with Crippen LogP contribution in [0.15, 0.2) is 59.8 Å². The third-order valence-corrected chi connectivity index (χ3v) is 7.44. The fourth-order valence-corrected chi connectivity index (χ4v) is 5.56. The van der Waals surface area contributed by atoms with Gasteiger partial charge in [-0.15, -0.1) is 0 Å². The number of Topliss-reactive ketones (excluding diaryl/α,β-unsaturated/α-hetero) is 1. The molecule has 0 radical (unpaired) electrons. The zero-order valence-corrected chi connectivity index (χ0v) is 23.0. The lowest BCUT2D eigenvalue weighted by Crippen LogP contribution is -2.27. The zero-order valence-electron chi connectivity index (χ0n) is 22.3. The van der Waals surface area contributed by atoms with E-state index in [1.165, 1.54) is 0 Å². The molecule has 2 atom stereocenters. The Labute approximate surface area is 232 Å². The van der Waals surface area contributed by atoms with Crippen molar-refractivity contribution in [2.45, 2.75) is 31.7 Å². The predicted molar refractivity (Wildman–Crippen MR) is 151 cm³/mol. The van der Waals surface area contributed by atoms with Crippen LogP contribution in [0.1, 0.15) is 42.9 Å². The molecule has 0 bridgehead atoms. The van der Waals surface area contributed by atoms with Crippen LogP contribution in [0.4, 0.5) is 11.4 Å². The lowest BCUT2D eigenvalue weighted by molar-refractivity contribution is -0.116. The van der Waals surface area contributed by atoms with E-state index in [4.69, 9.17) is 30.5 Å². The van der Waals surface area contributed by atoms with Gasteiger partial charge in [-0.3, -0.25) is 4.79 Å². The number of allylic oxidation sites excluding steroid dienone is 1. The molecule has 1 aliphatic heterocycles. The third-order valence-electron chi connectivity index (χ3n) is 7.15. The van der Waals surface area contributed by atoms with Crippen molar-refractivity contribution in [1.82, 2.24) is 0 Å². The van der Waals surface area contributed by atoms with Crippen molar-refractivity contribution >= 4 is 28.8 Å². The number of phenolic OH excluding ortho intramolecular Hbond substituents is 1. The summed E-state index contributed by atoms with van der Waals surface area (Å²) in [4.78, 5) is 14.0. The average Bonchev–Trinajstić information content (AvgIpc) is 3.11. The Balaban J connectivity index is 1.62. The monoisotopic (exact) mass is 550 g/mol. The molecule has 1 heterocycles. The van der Waals surface area contributed by atoms with Gasteiger partial charge in [0.2, 0.25) is 5.75 Å². The van der Waals surface area contributed by atoms with Crippen molar-refractivity contribution in [3.05, 3.63) is 76.0 Å². The summed E-state index contributed by atoms with van der Waals surface area (Å²) in [6.07, 6.45) is 0.869. The molecule has 204 valence electrons. The Morgan fingerprint density at radius 3 is 2.23 bits per heavy atom. The number of fused-ring (bicyclic) bond motifs is 1. The lowest BCUT2D eigenvalue weighted by atomic mass is 9.78. The summed E-state index contributed by atoms with van der Waals surface area (Å²) in [5.74, 6) is 1.61. The SMILES string of the molecule is CCOc1cc([C@H]2Nc3ccccc3NC3=C2C(=O)C[C@@H](c2cc(OC)c(OC)c(OC)c2)C3)cc(Cl)c1O. The number of carbonyl (C=O) groups is 1. The first-order chi connectivity index (χ1) is 18.9. The first-order valence-corrected chi connectivity index (χ1v) is 13.1. The Hall–Kier alpha value is -4.04. The highest BCUT2D eigenvalue weighted by Gasteiger charge is 2.37. The average molecular weight is 551 g/mol. The molecule has 5 rings (SSSR count). The number of ketones is 1. The molecule has 9 heteroatoms. The highest BCUT2D eigenvalue weighted by Crippen LogP contribution is 2.48. The maximum Gasteiger partial charge on any atom is 0.203 e. The van der Waals surface area contributed by atoms with E-state index in [-0.39, 0.29) is 34.6 Å². The maximum atomic E-state index is 14.0. The molecule has 0 spiro atoms. The van der Waals surface area contributed by atoms with Gasteiger partial charge in [-0.1, -0.05) is 23.7 Å². The van der Waals surface area contributed by atoms with Crippen LogP contribution < -0.4 is 29.6 Å². The van der Waals surface area contributed by atoms with Crippen LogP contribution in [0.25, 0.3) is 0 Å². The summed E-state index contributed by atoms with van der Waals surface area (Å²) in [6.45, 7) is 2.19. The van der Waals surface area contributed by atoms with E-state index in [1.807, 2.05) is 43.3 Å². The van der Waals surface area contributed by atoms with Gasteiger partial charge in [0.25, 0.3) is 0 Å². The Bertz CT molecular complexity index is 1430. The number of ether oxygens (including phenoxy) is 4. The van der Waals surface area contributed by atoms with E-state index in [2.05, 4.69) is 10.6 Å². The van der Waals surface area contributed by atoms with Crippen LogP contribution in [-0.4, -0.2) is 38.8 Å². The minimum absolute atomic E-state index is 0.00466. The van der Waals surface area contributed by atoms with Crippen molar-refractivity contribution in [2.75, 3.05) is 38.6 Å². The highest BCUT2D eigenvalue weighted by atomic mass is 35.5. The van der Waals surface area contributed by atoms with Gasteiger partial charge in [-0.25, -0.2) is 0 Å². The molecule has 2 aliphatic rings. The van der Waals surface area contributed by atoms with Crippen molar-refractivity contribution in [2.24, 2.45) is 0 Å². The molecule has 39 heavy (non-hydrogen) atoms. The largest absolute Gasteiger partial charge is 0.503 e. The van der Waals surface area contributed by atoms with Crippen LogP contribution in [0.2, 0.25) is 5.02 Å². The Kier molecular flexibility index (Phi) is 7.48. The summed E-state index contributed by atoms with van der Waals surface area (Å²) in [6, 6.07) is 14.5. The molecule has 1 aliphatic carbocycles. The molecule has 0 aromatic heterocycles. The maximum absolute atomic E-state index is 14.0. The summed E-state index contributed by atoms with van der Waals surface area (Å²) in [5.41, 5.74) is 4.78. The highest BCUT2D eigenvalue weighted by molar-refractivity contribution is 6.32. The van der Waals surface area contributed by atoms with Crippen LogP contribution in [-0.2, 0) is 4.79 Å².